The highest BCUT2D eigenvalue weighted by Gasteiger charge is 2.61. The molecule has 30 heteroatoms. The van der Waals surface area contributed by atoms with Gasteiger partial charge in [0.2, 0.25) is 0 Å². The third-order valence-electron chi connectivity index (χ3n) is 11.0. The van der Waals surface area contributed by atoms with E-state index >= 15 is 0 Å². The van der Waals surface area contributed by atoms with E-state index in [2.05, 4.69) is 0 Å². The van der Waals surface area contributed by atoms with Gasteiger partial charge in [-0.2, -0.15) is 0 Å². The van der Waals surface area contributed by atoms with E-state index in [0.29, 0.717) is 0 Å². The van der Waals surface area contributed by atoms with Gasteiger partial charge in [-0.15, -0.1) is 0 Å². The molecule has 18 nitrogen and oxygen atoms in total. The van der Waals surface area contributed by atoms with Crippen LogP contribution >= 0.6 is 139 Å². The molecule has 1 fully saturated rings. The lowest BCUT2D eigenvalue weighted by Crippen LogP contribution is -2.69. The summed E-state index contributed by atoms with van der Waals surface area (Å²) in [5.74, 6) is -8.59. The van der Waals surface area contributed by atoms with E-state index in [0.717, 1.165) is 0 Å². The van der Waals surface area contributed by atoms with Crippen molar-refractivity contribution in [2.45, 2.75) is 36.6 Å². The normalized spacial score (nSPS) is 17.1. The van der Waals surface area contributed by atoms with E-state index in [1.54, 1.807) is 0 Å². The molecule has 0 bridgehead atoms. The Hall–Kier alpha value is -5.58. The van der Waals surface area contributed by atoms with E-state index in [-0.39, 0.29) is 94.8 Å². The predicted molar refractivity (Wildman–Crippen MR) is 311 cm³/mol. The molecule has 1 saturated carbocycles. The first-order valence-corrected chi connectivity index (χ1v) is 28.2. The molecular formula is C54H36Cl12O18. The highest BCUT2D eigenvalue weighted by Crippen LogP contribution is 2.38. The van der Waals surface area contributed by atoms with Gasteiger partial charge in [0, 0.05) is 30.1 Å². The van der Waals surface area contributed by atoms with E-state index in [9.17, 15) is 28.8 Å². The van der Waals surface area contributed by atoms with E-state index in [1.165, 1.54) is 109 Å². The fourth-order valence-electron chi connectivity index (χ4n) is 7.41. The van der Waals surface area contributed by atoms with E-state index in [4.69, 9.17) is 196 Å². The van der Waals surface area contributed by atoms with Gasteiger partial charge in [-0.25, -0.2) is 28.8 Å². The minimum atomic E-state index is -2.32. The molecule has 1 aliphatic carbocycles. The van der Waals surface area contributed by atoms with Gasteiger partial charge < -0.3 is 56.8 Å². The number of hydrogen-bond acceptors (Lipinski definition) is 18. The van der Waals surface area contributed by atoms with Crippen LogP contribution in [0.15, 0.2) is 109 Å². The molecule has 444 valence electrons. The first-order chi connectivity index (χ1) is 40.0. The third kappa shape index (κ3) is 19.2. The fourth-order valence-corrected chi connectivity index (χ4v) is 10.2. The van der Waals surface area contributed by atoms with Crippen LogP contribution in [0.2, 0.25) is 60.3 Å². The van der Waals surface area contributed by atoms with Gasteiger partial charge in [0.15, 0.2) is 76.3 Å². The van der Waals surface area contributed by atoms with Gasteiger partial charge >= 0.3 is 35.8 Å². The summed E-state index contributed by atoms with van der Waals surface area (Å²) in [4.78, 5) is 85.6. The quantitative estimate of drug-likeness (QED) is 0.0407. The summed E-state index contributed by atoms with van der Waals surface area (Å²) in [5.41, 5.74) is 0. The van der Waals surface area contributed by atoms with Gasteiger partial charge in [0.25, 0.3) is 0 Å². The third-order valence-corrected chi connectivity index (χ3v) is 14.2. The van der Waals surface area contributed by atoms with Crippen molar-refractivity contribution in [3.05, 3.63) is 169 Å². The van der Waals surface area contributed by atoms with E-state index in [1.807, 2.05) is 0 Å². The summed E-state index contributed by atoms with van der Waals surface area (Å²) >= 11 is 74.5. The molecule has 0 spiro atoms. The molecule has 84 heavy (non-hydrogen) atoms. The average molecular weight is 1400 g/mol. The van der Waals surface area contributed by atoms with Crippen LogP contribution in [0.3, 0.4) is 0 Å². The molecule has 0 aromatic heterocycles. The maximum absolute atomic E-state index is 14.3. The first-order valence-electron chi connectivity index (χ1n) is 23.6. The zero-order chi connectivity index (χ0) is 60.8. The number of ether oxygens (including phenoxy) is 12. The summed E-state index contributed by atoms with van der Waals surface area (Å²) in [6.45, 7) is -6.09. The van der Waals surface area contributed by atoms with Crippen molar-refractivity contribution >= 4 is 175 Å². The second-order valence-electron chi connectivity index (χ2n) is 16.9. The van der Waals surface area contributed by atoms with Crippen LogP contribution in [0.1, 0.15) is 0 Å². The van der Waals surface area contributed by atoms with Gasteiger partial charge in [0.05, 0.1) is 30.1 Å². The Bertz CT molecular complexity index is 2830. The lowest BCUT2D eigenvalue weighted by molar-refractivity contribution is -0.263. The SMILES string of the molecule is O=C(COc1ccc(Cl)cc1Cl)O[C@H]1[C@H](OC(=O)COc2ccc(Cl)cc2Cl)[C@@H](OC(=O)COc2ccc(Cl)cc2Cl)[C@H](OC(=O)COc2ccc(Cl)cc2Cl)[C@@H](OC(=O)COc2ccc(Cl)cc2Cl)[C@H]1OC(=O)COc1ccc(Cl)cc1Cl. The number of rotatable bonds is 24. The average Bonchev–Trinajstić information content (AvgIpc) is 1.83. The van der Waals surface area contributed by atoms with Crippen LogP contribution in [0.4, 0.5) is 0 Å². The second-order valence-corrected chi connectivity index (χ2v) is 22.0. The van der Waals surface area contributed by atoms with Crippen LogP contribution < -0.4 is 28.4 Å². The van der Waals surface area contributed by atoms with Crippen molar-refractivity contribution in [3.63, 3.8) is 0 Å². The maximum Gasteiger partial charge on any atom is 0.344 e. The van der Waals surface area contributed by atoms with Crippen molar-refractivity contribution in [2.24, 2.45) is 0 Å². The minimum absolute atomic E-state index is 0.0525. The Balaban J connectivity index is 1.36. The van der Waals surface area contributed by atoms with Crippen molar-refractivity contribution in [1.29, 1.82) is 0 Å². The molecule has 0 aliphatic heterocycles. The fraction of sp³-hybridized carbons (Fsp3) is 0.222. The van der Waals surface area contributed by atoms with Gasteiger partial charge in [-0.3, -0.25) is 0 Å². The minimum Gasteiger partial charge on any atom is -0.480 e. The summed E-state index contributed by atoms with van der Waals surface area (Å²) in [5, 5.41) is 0.914. The summed E-state index contributed by atoms with van der Waals surface area (Å²) < 4.78 is 69.8. The second kappa shape index (κ2) is 31.2. The van der Waals surface area contributed by atoms with Gasteiger partial charge in [0.1, 0.15) is 34.5 Å². The molecule has 0 saturated heterocycles. The standard InChI is InChI=1S/C54H36Cl12O18/c55-25-1-7-37(31(61)13-25)73-19-43(67)79-49-50(80-44(68)20-74-38-8-2-26(56)14-32(38)62)52(82-46(70)22-76-40-10-4-28(58)16-34(40)64)54(84-48(72)24-78-42-12-6-30(60)18-36(42)66)53(83-47(71)23-77-41-11-5-29(59)17-35(41)65)51(49)81-45(69)21-75-39-9-3-27(57)15-33(39)63/h1-18,49-54H,19-24H2/t49-,50-,51-,52+,53-,54-. The predicted octanol–water partition coefficient (Wildman–Crippen LogP) is 13.8. The highest BCUT2D eigenvalue weighted by molar-refractivity contribution is 6.38. The van der Waals surface area contributed by atoms with Gasteiger partial charge in [-0.1, -0.05) is 139 Å². The van der Waals surface area contributed by atoms with Gasteiger partial charge in [-0.05, 0) is 109 Å². The monoisotopic (exact) mass is 1390 g/mol. The van der Waals surface area contributed by atoms with Crippen LogP contribution in [-0.2, 0) is 57.2 Å². The molecule has 0 heterocycles. The van der Waals surface area contributed by atoms with E-state index < -0.39 is 112 Å². The Kier molecular flexibility index (Phi) is 24.5. The van der Waals surface area contributed by atoms with Crippen LogP contribution in [-0.4, -0.2) is 112 Å². The van der Waals surface area contributed by atoms with Crippen molar-refractivity contribution in [2.75, 3.05) is 39.6 Å². The Morgan fingerprint density at radius 1 is 0.238 bits per heavy atom. The Morgan fingerprint density at radius 2 is 0.369 bits per heavy atom. The molecular weight excluding hydrogens is 1360 g/mol. The maximum atomic E-state index is 14.3. The smallest absolute Gasteiger partial charge is 0.344 e. The Labute approximate surface area is 536 Å². The molecule has 0 atom stereocenters. The summed E-state index contributed by atoms with van der Waals surface area (Å²) in [6.07, 6.45) is -13.9. The van der Waals surface area contributed by atoms with Crippen molar-refractivity contribution in [1.82, 2.24) is 0 Å². The lowest BCUT2D eigenvalue weighted by atomic mass is 9.83. The van der Waals surface area contributed by atoms with Crippen LogP contribution in [0.5, 0.6) is 34.5 Å². The number of benzene rings is 6. The number of carbonyl (C=O) groups excluding carboxylic acids is 6. The van der Waals surface area contributed by atoms with Crippen molar-refractivity contribution in [3.8, 4) is 34.5 Å². The molecule has 0 radical (unpaired) electrons. The lowest BCUT2D eigenvalue weighted by Gasteiger charge is -2.47. The molecule has 0 amide bonds. The number of esters is 6. The van der Waals surface area contributed by atoms with Crippen molar-refractivity contribution < 1.29 is 85.6 Å². The summed E-state index contributed by atoms with van der Waals surface area (Å²) in [6, 6.07) is 24.1. The zero-order valence-corrected chi connectivity index (χ0v) is 51.1. The molecule has 7 rings (SSSR count). The first kappa shape index (κ1) is 66.0. The number of carbonyl (C=O) groups is 6. The number of halogens is 12. The molecule has 6 aromatic carbocycles. The zero-order valence-electron chi connectivity index (χ0n) is 42.0. The largest absolute Gasteiger partial charge is 0.480 e. The molecule has 1 aliphatic rings. The Morgan fingerprint density at radius 3 is 0.488 bits per heavy atom. The highest BCUT2D eigenvalue weighted by atomic mass is 35.5. The molecule has 0 unspecified atom stereocenters. The topological polar surface area (TPSA) is 213 Å². The number of hydrogen-bond donors (Lipinski definition) is 0. The summed E-state index contributed by atoms with van der Waals surface area (Å²) in [7, 11) is 0. The molecule has 6 aromatic rings. The van der Waals surface area contributed by atoms with Crippen LogP contribution in [0, 0.1) is 0 Å². The molecule has 0 N–H and O–H groups in total. The van der Waals surface area contributed by atoms with Crippen LogP contribution in [0.25, 0.3) is 0 Å².